The van der Waals surface area contributed by atoms with Gasteiger partial charge in [-0.1, -0.05) is 24.3 Å². The number of fused-ring (bicyclic) bond motifs is 2. The van der Waals surface area contributed by atoms with E-state index in [1.165, 1.54) is 9.80 Å². The molecule has 0 bridgehead atoms. The molecule has 2 aliphatic heterocycles. The van der Waals surface area contributed by atoms with Crippen molar-refractivity contribution in [3.8, 4) is 0 Å². The van der Waals surface area contributed by atoms with Crippen LogP contribution < -0.4 is 0 Å². The van der Waals surface area contributed by atoms with Gasteiger partial charge >= 0.3 is 0 Å². The van der Waals surface area contributed by atoms with Gasteiger partial charge in [0, 0.05) is 13.1 Å². The standard InChI is InChI=1S/C20H24N2O4/c1-19-9-5-3-7-13(19)15(23)21(17(19)25)11-12-22-16(24)14-8-4-6-10-20(14,2)18(22)26/h3-6,13-14H,7-12H2,1-2H3/t13-,14-,19-,20-/m0/s1. The highest BCUT2D eigenvalue weighted by atomic mass is 16.2. The van der Waals surface area contributed by atoms with E-state index in [1.807, 2.05) is 38.2 Å². The number of amides is 4. The molecular formula is C20H24N2O4. The number of carbonyl (C=O) groups is 4. The van der Waals surface area contributed by atoms with Crippen molar-refractivity contribution in [2.24, 2.45) is 22.7 Å². The monoisotopic (exact) mass is 356 g/mol. The van der Waals surface area contributed by atoms with E-state index in [9.17, 15) is 19.2 Å². The summed E-state index contributed by atoms with van der Waals surface area (Å²) >= 11 is 0. The van der Waals surface area contributed by atoms with Crippen LogP contribution in [0.25, 0.3) is 0 Å². The largest absolute Gasteiger partial charge is 0.280 e. The second-order valence-corrected chi connectivity index (χ2v) is 8.35. The van der Waals surface area contributed by atoms with Gasteiger partial charge < -0.3 is 0 Å². The highest BCUT2D eigenvalue weighted by Gasteiger charge is 2.58. The van der Waals surface area contributed by atoms with Crippen LogP contribution in [0.3, 0.4) is 0 Å². The normalized spacial score (nSPS) is 39.0. The van der Waals surface area contributed by atoms with E-state index in [2.05, 4.69) is 0 Å². The minimum Gasteiger partial charge on any atom is -0.280 e. The van der Waals surface area contributed by atoms with Crippen LogP contribution in [0.5, 0.6) is 0 Å². The molecule has 0 radical (unpaired) electrons. The van der Waals surface area contributed by atoms with Gasteiger partial charge in [0.05, 0.1) is 22.7 Å². The van der Waals surface area contributed by atoms with Gasteiger partial charge in [-0.05, 0) is 39.5 Å². The summed E-state index contributed by atoms with van der Waals surface area (Å²) in [5.41, 5.74) is -1.37. The van der Waals surface area contributed by atoms with Crippen molar-refractivity contribution in [1.29, 1.82) is 0 Å². The van der Waals surface area contributed by atoms with E-state index in [4.69, 9.17) is 0 Å². The Balaban J connectivity index is 1.50. The minimum absolute atomic E-state index is 0.0947. The average molecular weight is 356 g/mol. The molecule has 2 fully saturated rings. The fourth-order valence-electron chi connectivity index (χ4n) is 4.96. The van der Waals surface area contributed by atoms with Crippen LogP contribution in [0.1, 0.15) is 39.5 Å². The third-order valence-corrected chi connectivity index (χ3v) is 6.84. The molecule has 0 saturated carbocycles. The first kappa shape index (κ1) is 17.2. The third kappa shape index (κ3) is 2.10. The number of carbonyl (C=O) groups excluding carboxylic acids is 4. The molecule has 4 rings (SSSR count). The lowest BCUT2D eigenvalue weighted by molar-refractivity contribution is -0.146. The minimum atomic E-state index is -0.686. The van der Waals surface area contributed by atoms with Crippen molar-refractivity contribution >= 4 is 23.6 Å². The molecule has 4 atom stereocenters. The molecule has 138 valence electrons. The fourth-order valence-corrected chi connectivity index (χ4v) is 4.96. The summed E-state index contributed by atoms with van der Waals surface area (Å²) in [5, 5.41) is 0. The second-order valence-electron chi connectivity index (χ2n) is 8.35. The summed E-state index contributed by atoms with van der Waals surface area (Å²) < 4.78 is 0. The van der Waals surface area contributed by atoms with Crippen LogP contribution in [0, 0.1) is 22.7 Å². The Morgan fingerprint density at radius 2 is 1.15 bits per heavy atom. The maximum absolute atomic E-state index is 12.8. The van der Waals surface area contributed by atoms with Gasteiger partial charge in [-0.3, -0.25) is 29.0 Å². The van der Waals surface area contributed by atoms with Crippen LogP contribution in [0.2, 0.25) is 0 Å². The molecule has 2 saturated heterocycles. The topological polar surface area (TPSA) is 74.8 Å². The average Bonchev–Trinajstić information content (AvgIpc) is 2.93. The quantitative estimate of drug-likeness (QED) is 0.569. The Morgan fingerprint density at radius 3 is 1.50 bits per heavy atom. The molecule has 6 heteroatoms. The van der Waals surface area contributed by atoms with E-state index in [-0.39, 0.29) is 48.6 Å². The highest BCUT2D eigenvalue weighted by Crippen LogP contribution is 2.47. The van der Waals surface area contributed by atoms with Crippen LogP contribution >= 0.6 is 0 Å². The SMILES string of the molecule is C[C@]12CC=CC[C@H]1C(=O)N(CCN1C(=O)[C@@H]3CC=CC[C@]3(C)C1=O)C2=O. The van der Waals surface area contributed by atoms with E-state index in [0.717, 1.165) is 0 Å². The van der Waals surface area contributed by atoms with Crippen molar-refractivity contribution in [3.05, 3.63) is 24.3 Å². The summed E-state index contributed by atoms with van der Waals surface area (Å²) in [6, 6.07) is 0. The van der Waals surface area contributed by atoms with Crippen LogP contribution in [0.15, 0.2) is 24.3 Å². The molecule has 0 aromatic rings. The maximum Gasteiger partial charge on any atom is 0.236 e. The summed E-state index contributed by atoms with van der Waals surface area (Å²) in [4.78, 5) is 53.6. The van der Waals surface area contributed by atoms with E-state index in [0.29, 0.717) is 25.7 Å². The molecule has 0 aromatic carbocycles. The Morgan fingerprint density at radius 1 is 0.769 bits per heavy atom. The van der Waals surface area contributed by atoms with Gasteiger partial charge in [0.1, 0.15) is 0 Å². The number of nitrogens with zero attached hydrogens (tertiary/aromatic N) is 2. The molecule has 6 nitrogen and oxygen atoms in total. The van der Waals surface area contributed by atoms with Gasteiger partial charge in [-0.2, -0.15) is 0 Å². The number of hydrogen-bond acceptors (Lipinski definition) is 4. The third-order valence-electron chi connectivity index (χ3n) is 6.84. The molecule has 4 amide bonds. The zero-order valence-corrected chi connectivity index (χ0v) is 15.2. The predicted octanol–water partition coefficient (Wildman–Crippen LogP) is 1.67. The van der Waals surface area contributed by atoms with Crippen LogP contribution in [0.4, 0.5) is 0 Å². The first-order chi connectivity index (χ1) is 12.3. The molecule has 2 aliphatic carbocycles. The number of hydrogen-bond donors (Lipinski definition) is 0. The molecule has 0 unspecified atom stereocenters. The van der Waals surface area contributed by atoms with Gasteiger partial charge in [0.25, 0.3) is 0 Å². The zero-order chi connectivity index (χ0) is 18.7. The molecule has 2 heterocycles. The molecule has 0 aromatic heterocycles. The Hall–Kier alpha value is -2.24. The number of imide groups is 2. The second kappa shape index (κ2) is 5.63. The summed E-state index contributed by atoms with van der Waals surface area (Å²) in [7, 11) is 0. The van der Waals surface area contributed by atoms with Gasteiger partial charge in [-0.15, -0.1) is 0 Å². The summed E-state index contributed by atoms with van der Waals surface area (Å²) in [5.74, 6) is -1.36. The van der Waals surface area contributed by atoms with Gasteiger partial charge in [0.15, 0.2) is 0 Å². The zero-order valence-electron chi connectivity index (χ0n) is 15.2. The molecule has 0 N–H and O–H groups in total. The maximum atomic E-state index is 12.8. The van der Waals surface area contributed by atoms with Crippen molar-refractivity contribution in [1.82, 2.24) is 9.80 Å². The van der Waals surface area contributed by atoms with Crippen molar-refractivity contribution in [3.63, 3.8) is 0 Å². The lowest BCUT2D eigenvalue weighted by Gasteiger charge is -2.28. The van der Waals surface area contributed by atoms with E-state index >= 15 is 0 Å². The van der Waals surface area contributed by atoms with Gasteiger partial charge in [-0.25, -0.2) is 0 Å². The highest BCUT2D eigenvalue weighted by molar-refractivity contribution is 6.09. The number of allylic oxidation sites excluding steroid dienone is 4. The lowest BCUT2D eigenvalue weighted by atomic mass is 9.72. The lowest BCUT2D eigenvalue weighted by Crippen LogP contribution is -2.43. The van der Waals surface area contributed by atoms with Crippen LogP contribution in [-0.2, 0) is 19.2 Å². The predicted molar refractivity (Wildman–Crippen MR) is 93.4 cm³/mol. The number of rotatable bonds is 3. The molecule has 4 aliphatic rings. The van der Waals surface area contributed by atoms with Crippen molar-refractivity contribution < 1.29 is 19.2 Å². The van der Waals surface area contributed by atoms with Crippen LogP contribution in [-0.4, -0.2) is 46.5 Å². The first-order valence-electron chi connectivity index (χ1n) is 9.32. The van der Waals surface area contributed by atoms with E-state index < -0.39 is 10.8 Å². The van der Waals surface area contributed by atoms with Gasteiger partial charge in [0.2, 0.25) is 23.6 Å². The molecular weight excluding hydrogens is 332 g/mol. The van der Waals surface area contributed by atoms with Crippen molar-refractivity contribution in [2.45, 2.75) is 39.5 Å². The Bertz CT molecular complexity index is 706. The Labute approximate surface area is 152 Å². The fraction of sp³-hybridized carbons (Fsp3) is 0.600. The summed E-state index contributed by atoms with van der Waals surface area (Å²) in [6.45, 7) is 3.87. The number of likely N-dealkylation sites (tertiary alicyclic amines) is 2. The van der Waals surface area contributed by atoms with Crippen molar-refractivity contribution in [2.75, 3.05) is 13.1 Å². The smallest absolute Gasteiger partial charge is 0.236 e. The van der Waals surface area contributed by atoms with E-state index in [1.54, 1.807) is 0 Å². The molecule has 26 heavy (non-hydrogen) atoms. The molecule has 0 spiro atoms. The summed E-state index contributed by atoms with van der Waals surface area (Å²) in [6.07, 6.45) is 10.1. The Kier molecular flexibility index (Phi) is 3.72. The first-order valence-corrected chi connectivity index (χ1v) is 9.32.